The normalized spacial score (nSPS) is 13.5. The molecule has 0 aromatic carbocycles. The van der Waals surface area contributed by atoms with Crippen LogP contribution in [-0.4, -0.2) is 17.5 Å². The molecule has 22 heavy (non-hydrogen) atoms. The van der Waals surface area contributed by atoms with Gasteiger partial charge in [0.05, 0.1) is 0 Å². The van der Waals surface area contributed by atoms with Crippen molar-refractivity contribution in [2.24, 2.45) is 11.8 Å². The van der Waals surface area contributed by atoms with Crippen LogP contribution in [0.25, 0.3) is 0 Å². The van der Waals surface area contributed by atoms with Crippen molar-refractivity contribution in [3.05, 3.63) is 37.3 Å². The summed E-state index contributed by atoms with van der Waals surface area (Å²) in [6, 6.07) is 0.502. The van der Waals surface area contributed by atoms with Crippen molar-refractivity contribution in [2.45, 2.75) is 72.8 Å². The van der Waals surface area contributed by atoms with E-state index in [-0.39, 0.29) is 0 Å². The molecule has 0 spiro atoms. The molecular formula is C20H38N2. The highest BCUT2D eigenvalue weighted by Gasteiger charge is 2.10. The van der Waals surface area contributed by atoms with Crippen LogP contribution < -0.4 is 5.32 Å². The third-order valence-electron chi connectivity index (χ3n) is 4.58. The van der Waals surface area contributed by atoms with Crippen LogP contribution in [0.3, 0.4) is 0 Å². The monoisotopic (exact) mass is 306 g/mol. The van der Waals surface area contributed by atoms with Gasteiger partial charge in [-0.15, -0.1) is 0 Å². The zero-order valence-corrected chi connectivity index (χ0v) is 15.6. The Bertz CT molecular complexity index is 344. The summed E-state index contributed by atoms with van der Waals surface area (Å²) in [5, 5.41) is 3.50. The van der Waals surface area contributed by atoms with Gasteiger partial charge in [0, 0.05) is 24.0 Å². The molecule has 0 aromatic rings. The summed E-state index contributed by atoms with van der Waals surface area (Å²) in [7, 11) is 0. The Morgan fingerprint density at radius 3 is 2.23 bits per heavy atom. The van der Waals surface area contributed by atoms with Gasteiger partial charge >= 0.3 is 0 Å². The summed E-state index contributed by atoms with van der Waals surface area (Å²) in [5.41, 5.74) is 2.36. The predicted molar refractivity (Wildman–Crippen MR) is 101 cm³/mol. The molecule has 0 bridgehead atoms. The molecule has 1 N–H and O–H groups in total. The summed E-state index contributed by atoms with van der Waals surface area (Å²) < 4.78 is 0. The molecule has 2 heteroatoms. The molecule has 128 valence electrons. The SMILES string of the molecule is C=CN(CCCCCC(=C)NC(C)C(C)C)C(=C)C(C)CC. The summed E-state index contributed by atoms with van der Waals surface area (Å²) in [5.74, 6) is 1.17. The van der Waals surface area contributed by atoms with Crippen molar-refractivity contribution in [1.29, 1.82) is 0 Å². The number of nitrogens with zero attached hydrogens (tertiary/aromatic N) is 1. The molecule has 0 amide bonds. The van der Waals surface area contributed by atoms with E-state index in [0.29, 0.717) is 17.9 Å². The van der Waals surface area contributed by atoms with E-state index in [1.807, 2.05) is 6.20 Å². The lowest BCUT2D eigenvalue weighted by Crippen LogP contribution is -2.29. The maximum atomic E-state index is 4.20. The van der Waals surface area contributed by atoms with Gasteiger partial charge in [0.25, 0.3) is 0 Å². The fourth-order valence-corrected chi connectivity index (χ4v) is 2.23. The van der Waals surface area contributed by atoms with Gasteiger partial charge in [-0.1, -0.05) is 53.9 Å². The van der Waals surface area contributed by atoms with E-state index in [9.17, 15) is 0 Å². The highest BCUT2D eigenvalue weighted by molar-refractivity contribution is 5.02. The zero-order chi connectivity index (χ0) is 17.1. The first-order chi connectivity index (χ1) is 10.3. The average Bonchev–Trinajstić information content (AvgIpc) is 2.49. The first-order valence-corrected chi connectivity index (χ1v) is 8.85. The largest absolute Gasteiger partial charge is 0.386 e. The van der Waals surface area contributed by atoms with Crippen LogP contribution in [0.5, 0.6) is 0 Å². The van der Waals surface area contributed by atoms with Crippen molar-refractivity contribution in [2.75, 3.05) is 6.54 Å². The van der Waals surface area contributed by atoms with Crippen molar-refractivity contribution >= 4 is 0 Å². The van der Waals surface area contributed by atoms with E-state index in [1.165, 1.54) is 30.7 Å². The molecule has 0 fully saturated rings. The van der Waals surface area contributed by atoms with Crippen molar-refractivity contribution in [3.8, 4) is 0 Å². The van der Waals surface area contributed by atoms with Gasteiger partial charge in [-0.2, -0.15) is 0 Å². The molecule has 0 aliphatic heterocycles. The lowest BCUT2D eigenvalue weighted by atomic mass is 10.0. The zero-order valence-electron chi connectivity index (χ0n) is 15.6. The Hall–Kier alpha value is -1.18. The molecule has 2 nitrogen and oxygen atoms in total. The van der Waals surface area contributed by atoms with Gasteiger partial charge in [0.15, 0.2) is 0 Å². The van der Waals surface area contributed by atoms with E-state index in [2.05, 4.69) is 64.6 Å². The van der Waals surface area contributed by atoms with Crippen LogP contribution in [0.1, 0.15) is 66.7 Å². The first kappa shape index (κ1) is 20.8. The third kappa shape index (κ3) is 8.31. The summed E-state index contributed by atoms with van der Waals surface area (Å²) in [4.78, 5) is 2.21. The second-order valence-electron chi connectivity index (χ2n) is 6.77. The standard InChI is InChI=1S/C20H38N2/c1-9-17(5)20(8)22(10-2)15-13-11-12-14-18(6)21-19(7)16(3)4/h10,16-17,19,21H,2,6,8-9,11-15H2,1,3-5,7H3. The number of hydrogen-bond donors (Lipinski definition) is 1. The number of hydrogen-bond acceptors (Lipinski definition) is 2. The number of nitrogens with one attached hydrogen (secondary N) is 1. The molecule has 0 aromatic heterocycles. The minimum atomic E-state index is 0.502. The second kappa shape index (κ2) is 11.4. The molecule has 0 saturated heterocycles. The molecule has 2 unspecified atom stereocenters. The van der Waals surface area contributed by atoms with Crippen molar-refractivity contribution < 1.29 is 0 Å². The second-order valence-corrected chi connectivity index (χ2v) is 6.77. The fraction of sp³-hybridized carbons (Fsp3) is 0.700. The number of rotatable bonds is 13. The van der Waals surface area contributed by atoms with E-state index >= 15 is 0 Å². The third-order valence-corrected chi connectivity index (χ3v) is 4.58. The van der Waals surface area contributed by atoms with Gasteiger partial charge in [-0.3, -0.25) is 0 Å². The highest BCUT2D eigenvalue weighted by atomic mass is 15.1. The van der Waals surface area contributed by atoms with E-state index in [1.54, 1.807) is 0 Å². The predicted octanol–water partition coefficient (Wildman–Crippen LogP) is 5.70. The smallest absolute Gasteiger partial charge is 0.0252 e. The number of allylic oxidation sites excluding steroid dienone is 2. The molecular weight excluding hydrogens is 268 g/mol. The van der Waals surface area contributed by atoms with Crippen LogP contribution in [0.4, 0.5) is 0 Å². The van der Waals surface area contributed by atoms with E-state index in [4.69, 9.17) is 0 Å². The molecule has 0 aliphatic carbocycles. The molecule has 0 heterocycles. The Morgan fingerprint density at radius 1 is 1.09 bits per heavy atom. The molecule has 0 aliphatic rings. The van der Waals surface area contributed by atoms with Gasteiger partial charge in [0.1, 0.15) is 0 Å². The van der Waals surface area contributed by atoms with Gasteiger partial charge in [-0.05, 0) is 50.6 Å². The molecule has 2 atom stereocenters. The van der Waals surface area contributed by atoms with Gasteiger partial charge in [-0.25, -0.2) is 0 Å². The van der Waals surface area contributed by atoms with Crippen molar-refractivity contribution in [1.82, 2.24) is 10.2 Å². The molecule has 0 radical (unpaired) electrons. The Kier molecular flexibility index (Phi) is 10.8. The highest BCUT2D eigenvalue weighted by Crippen LogP contribution is 2.18. The van der Waals surface area contributed by atoms with E-state index in [0.717, 1.165) is 19.4 Å². The minimum Gasteiger partial charge on any atom is -0.386 e. The van der Waals surface area contributed by atoms with Crippen LogP contribution in [-0.2, 0) is 0 Å². The first-order valence-electron chi connectivity index (χ1n) is 8.85. The maximum absolute atomic E-state index is 4.20. The Morgan fingerprint density at radius 2 is 1.73 bits per heavy atom. The lowest BCUT2D eigenvalue weighted by molar-refractivity contribution is 0.386. The molecule has 0 rings (SSSR count). The van der Waals surface area contributed by atoms with Gasteiger partial charge in [0.2, 0.25) is 0 Å². The van der Waals surface area contributed by atoms with Crippen LogP contribution in [0.2, 0.25) is 0 Å². The Balaban J connectivity index is 3.90. The Labute approximate surface area is 139 Å². The summed E-state index contributed by atoms with van der Waals surface area (Å²) >= 11 is 0. The maximum Gasteiger partial charge on any atom is 0.0252 e. The van der Waals surface area contributed by atoms with E-state index < -0.39 is 0 Å². The summed E-state index contributed by atoms with van der Waals surface area (Å²) in [6.07, 6.45) is 7.69. The quantitative estimate of drug-likeness (QED) is 0.439. The topological polar surface area (TPSA) is 15.3 Å². The lowest BCUT2D eigenvalue weighted by Gasteiger charge is -2.26. The van der Waals surface area contributed by atoms with Gasteiger partial charge < -0.3 is 10.2 Å². The van der Waals surface area contributed by atoms with Crippen LogP contribution >= 0.6 is 0 Å². The van der Waals surface area contributed by atoms with Crippen LogP contribution in [0.15, 0.2) is 37.3 Å². The fourth-order valence-electron chi connectivity index (χ4n) is 2.23. The minimum absolute atomic E-state index is 0.502. The average molecular weight is 307 g/mol. The summed E-state index contributed by atoms with van der Waals surface area (Å²) in [6.45, 7) is 24.4. The number of unbranched alkanes of at least 4 members (excludes halogenated alkanes) is 2. The molecule has 0 saturated carbocycles. The van der Waals surface area contributed by atoms with Crippen molar-refractivity contribution in [3.63, 3.8) is 0 Å². The van der Waals surface area contributed by atoms with Crippen LogP contribution in [0, 0.1) is 11.8 Å².